The highest BCUT2D eigenvalue weighted by atomic mass is 32.2. The minimum atomic E-state index is -4.07. The summed E-state index contributed by atoms with van der Waals surface area (Å²) in [7, 11) is -4.07. The van der Waals surface area contributed by atoms with Gasteiger partial charge in [0.25, 0.3) is 16.0 Å². The molecule has 0 aliphatic carbocycles. The number of carbonyl (C=O) groups is 1. The van der Waals surface area contributed by atoms with Gasteiger partial charge in [-0.25, -0.2) is 0 Å². The maximum absolute atomic E-state index is 13.4. The lowest BCUT2D eigenvalue weighted by Gasteiger charge is -2.31. The van der Waals surface area contributed by atoms with Crippen LogP contribution in [0.25, 0.3) is 6.08 Å². The summed E-state index contributed by atoms with van der Waals surface area (Å²) in [4.78, 5) is 17.3. The third-order valence-corrected chi connectivity index (χ3v) is 7.20. The highest BCUT2D eigenvalue weighted by molar-refractivity contribution is 8.27. The fraction of sp³-hybridized carbons (Fsp3) is 0.182. The molecular formula is C22H20N2O4S3. The van der Waals surface area contributed by atoms with E-state index < -0.39 is 10.1 Å². The lowest BCUT2D eigenvalue weighted by Crippen LogP contribution is -2.31. The van der Waals surface area contributed by atoms with E-state index in [4.69, 9.17) is 16.8 Å². The number of hydrogen-bond acceptors (Lipinski definition) is 6. The van der Waals surface area contributed by atoms with E-state index in [-0.39, 0.29) is 18.1 Å². The molecule has 2 aromatic rings. The second kappa shape index (κ2) is 8.58. The van der Waals surface area contributed by atoms with Crippen LogP contribution in [0.15, 0.2) is 65.2 Å². The molecule has 0 bridgehead atoms. The molecule has 0 spiro atoms. The summed E-state index contributed by atoms with van der Waals surface area (Å²) in [6.45, 7) is 2.30. The Balaban J connectivity index is 1.72. The molecule has 0 saturated carbocycles. The van der Waals surface area contributed by atoms with E-state index in [0.29, 0.717) is 27.2 Å². The molecule has 2 heterocycles. The van der Waals surface area contributed by atoms with Crippen LogP contribution >= 0.6 is 24.0 Å². The lowest BCUT2D eigenvalue weighted by molar-refractivity contribution is -0.113. The number of thiocarbonyl (C=S) groups is 1. The van der Waals surface area contributed by atoms with Crippen molar-refractivity contribution in [1.82, 2.24) is 0 Å². The number of aryl methyl sites for hydroxylation is 1. The Kier molecular flexibility index (Phi) is 6.02. The third-order valence-electron chi connectivity index (χ3n) is 5.02. The number of amides is 1. The Bertz CT molecular complexity index is 1220. The summed E-state index contributed by atoms with van der Waals surface area (Å²) in [6.07, 6.45) is 4.00. The zero-order chi connectivity index (χ0) is 22.2. The van der Waals surface area contributed by atoms with Crippen LogP contribution in [0.5, 0.6) is 0 Å². The maximum Gasteiger partial charge on any atom is 0.272 e. The first-order valence-corrected chi connectivity index (χ1v) is 12.4. The first-order valence-electron chi connectivity index (χ1n) is 9.61. The number of benzene rings is 2. The first kappa shape index (κ1) is 21.8. The van der Waals surface area contributed by atoms with Crippen LogP contribution in [0.4, 0.5) is 11.4 Å². The zero-order valence-electron chi connectivity index (χ0n) is 16.7. The van der Waals surface area contributed by atoms with Crippen molar-refractivity contribution in [3.8, 4) is 0 Å². The second-order valence-corrected chi connectivity index (χ2v) is 10.5. The predicted molar refractivity (Wildman–Crippen MR) is 130 cm³/mol. The van der Waals surface area contributed by atoms with E-state index in [9.17, 15) is 13.2 Å². The van der Waals surface area contributed by atoms with Crippen molar-refractivity contribution in [2.75, 3.05) is 22.1 Å². The van der Waals surface area contributed by atoms with Crippen LogP contribution in [-0.2, 0) is 14.9 Å². The van der Waals surface area contributed by atoms with Gasteiger partial charge in [0, 0.05) is 12.2 Å². The van der Waals surface area contributed by atoms with E-state index in [1.807, 2.05) is 72.5 Å². The Morgan fingerprint density at radius 1 is 1.06 bits per heavy atom. The Labute approximate surface area is 191 Å². The monoisotopic (exact) mass is 472 g/mol. The van der Waals surface area contributed by atoms with Crippen molar-refractivity contribution in [3.63, 3.8) is 0 Å². The molecule has 1 saturated heterocycles. The van der Waals surface area contributed by atoms with Crippen LogP contribution in [0.1, 0.15) is 17.5 Å². The fourth-order valence-electron chi connectivity index (χ4n) is 3.55. The maximum atomic E-state index is 13.4. The van der Waals surface area contributed by atoms with Crippen LogP contribution in [0.2, 0.25) is 0 Å². The molecule has 9 heteroatoms. The second-order valence-electron chi connectivity index (χ2n) is 7.24. The summed E-state index contributed by atoms with van der Waals surface area (Å²) in [5.41, 5.74) is 4.30. The number of fused-ring (bicyclic) bond motifs is 1. The summed E-state index contributed by atoms with van der Waals surface area (Å²) >= 11 is 6.74. The quantitative estimate of drug-likeness (QED) is 0.393. The van der Waals surface area contributed by atoms with Gasteiger partial charge in [0.15, 0.2) is 4.32 Å². The summed E-state index contributed by atoms with van der Waals surface area (Å²) in [5.74, 6) is -0.565. The minimum absolute atomic E-state index is 0.210. The van der Waals surface area contributed by atoms with Crippen LogP contribution in [-0.4, -0.2) is 35.5 Å². The van der Waals surface area contributed by atoms with Crippen LogP contribution in [0.3, 0.4) is 0 Å². The van der Waals surface area contributed by atoms with Crippen LogP contribution in [0, 0.1) is 6.92 Å². The lowest BCUT2D eigenvalue weighted by atomic mass is 10.0. The Morgan fingerprint density at radius 3 is 2.48 bits per heavy atom. The minimum Gasteiger partial charge on any atom is -0.340 e. The van der Waals surface area contributed by atoms with Crippen molar-refractivity contribution in [2.24, 2.45) is 0 Å². The number of carbonyl (C=O) groups excluding carboxylic acids is 1. The number of hydrogen-bond donors (Lipinski definition) is 1. The molecule has 0 radical (unpaired) electrons. The standard InChI is InChI=1S/C22H20N2O4S3/c1-15-7-10-17(11-8-15)24-21(25)20(30-22(24)29)19-12-9-16-5-2-3-6-18(16)23(19)13-4-14-31(26,27)28/h2-3,5-12H,4,13-14H2,1H3,(H,26,27,28). The average molecular weight is 473 g/mol. The highest BCUT2D eigenvalue weighted by Gasteiger charge is 2.37. The Morgan fingerprint density at radius 2 is 1.77 bits per heavy atom. The molecule has 2 aliphatic heterocycles. The van der Waals surface area contributed by atoms with Crippen molar-refractivity contribution >= 4 is 61.8 Å². The van der Waals surface area contributed by atoms with Gasteiger partial charge in [-0.15, -0.1) is 0 Å². The molecule has 1 fully saturated rings. The van der Waals surface area contributed by atoms with E-state index in [0.717, 1.165) is 16.8 Å². The fourth-order valence-corrected chi connectivity index (χ4v) is 5.39. The van der Waals surface area contributed by atoms with E-state index in [2.05, 4.69) is 0 Å². The Hall–Kier alpha value is -2.46. The molecule has 6 nitrogen and oxygen atoms in total. The molecule has 160 valence electrons. The van der Waals surface area contributed by atoms with Gasteiger partial charge in [0.05, 0.1) is 17.1 Å². The van der Waals surface area contributed by atoms with E-state index in [1.54, 1.807) is 0 Å². The smallest absolute Gasteiger partial charge is 0.272 e. The molecule has 0 aromatic heterocycles. The number of rotatable bonds is 5. The van der Waals surface area contributed by atoms with E-state index >= 15 is 0 Å². The summed E-state index contributed by atoms with van der Waals surface area (Å²) in [5, 5.41) is 0. The van der Waals surface area contributed by atoms with Gasteiger partial charge < -0.3 is 4.90 Å². The number of allylic oxidation sites excluding steroid dienone is 1. The molecule has 1 amide bonds. The molecule has 1 N–H and O–H groups in total. The number of nitrogens with zero attached hydrogens (tertiary/aromatic N) is 2. The highest BCUT2D eigenvalue weighted by Crippen LogP contribution is 2.41. The molecule has 4 rings (SSSR count). The number of anilines is 2. The zero-order valence-corrected chi connectivity index (χ0v) is 19.1. The van der Waals surface area contributed by atoms with Crippen molar-refractivity contribution in [2.45, 2.75) is 13.3 Å². The van der Waals surface area contributed by atoms with Gasteiger partial charge in [-0.3, -0.25) is 14.2 Å². The number of para-hydroxylation sites is 1. The van der Waals surface area contributed by atoms with E-state index in [1.165, 1.54) is 16.7 Å². The topological polar surface area (TPSA) is 77.9 Å². The summed E-state index contributed by atoms with van der Waals surface area (Å²) in [6, 6.07) is 15.3. The normalized spacial score (nSPS) is 18.6. The number of thioether (sulfide) groups is 1. The summed E-state index contributed by atoms with van der Waals surface area (Å²) < 4.78 is 32.0. The molecule has 0 unspecified atom stereocenters. The molecule has 0 atom stereocenters. The van der Waals surface area contributed by atoms with Gasteiger partial charge >= 0.3 is 0 Å². The van der Waals surface area contributed by atoms with Gasteiger partial charge in [-0.05, 0) is 43.2 Å². The van der Waals surface area contributed by atoms with Gasteiger partial charge in [0.1, 0.15) is 4.91 Å². The van der Waals surface area contributed by atoms with Gasteiger partial charge in [-0.2, -0.15) is 8.42 Å². The largest absolute Gasteiger partial charge is 0.340 e. The molecule has 2 aromatic carbocycles. The van der Waals surface area contributed by atoms with Gasteiger partial charge in [-0.1, -0.05) is 66.0 Å². The van der Waals surface area contributed by atoms with Crippen molar-refractivity contribution in [1.29, 1.82) is 0 Å². The average Bonchev–Trinajstić information content (AvgIpc) is 3.02. The van der Waals surface area contributed by atoms with Crippen molar-refractivity contribution in [3.05, 3.63) is 76.3 Å². The van der Waals surface area contributed by atoms with Gasteiger partial charge in [0.2, 0.25) is 0 Å². The molecule has 31 heavy (non-hydrogen) atoms. The SMILES string of the molecule is Cc1ccc(N2C(=O)C(=C3C=Cc4ccccc4N3CCCS(=O)(=O)O)SC2=S)cc1. The van der Waals surface area contributed by atoms with Crippen LogP contribution < -0.4 is 9.80 Å². The molecular weight excluding hydrogens is 452 g/mol. The predicted octanol–water partition coefficient (Wildman–Crippen LogP) is 4.38. The first-order chi connectivity index (χ1) is 14.7. The molecule has 2 aliphatic rings. The van der Waals surface area contributed by atoms with Crippen molar-refractivity contribution < 1.29 is 17.8 Å². The third kappa shape index (κ3) is 4.59.